The van der Waals surface area contributed by atoms with Crippen LogP contribution in [0.15, 0.2) is 30.3 Å². The van der Waals surface area contributed by atoms with E-state index in [1.807, 2.05) is 6.07 Å². The standard InChI is InChI=1S/C8H8O3P/c1-7(9)12(10)11-8-5-3-2-4-6-8/h2-6H,1H3/q+1. The number of carbonyl (C=O) groups excluding carboxylic acids is 1. The molecule has 0 amide bonds. The van der Waals surface area contributed by atoms with Gasteiger partial charge in [-0.2, -0.15) is 0 Å². The molecule has 3 nitrogen and oxygen atoms in total. The molecule has 62 valence electrons. The van der Waals surface area contributed by atoms with Gasteiger partial charge in [0.25, 0.3) is 0 Å². The predicted molar refractivity (Wildman–Crippen MR) is 45.4 cm³/mol. The van der Waals surface area contributed by atoms with Gasteiger partial charge in [0.15, 0.2) is 5.75 Å². The zero-order chi connectivity index (χ0) is 8.97. The lowest BCUT2D eigenvalue weighted by molar-refractivity contribution is -0.110. The first-order valence-electron chi connectivity index (χ1n) is 3.41. The number of rotatable bonds is 3. The van der Waals surface area contributed by atoms with Gasteiger partial charge in [-0.15, -0.1) is 0 Å². The second-order valence-corrected chi connectivity index (χ2v) is 3.51. The maximum atomic E-state index is 10.9. The van der Waals surface area contributed by atoms with Gasteiger partial charge in [-0.3, -0.25) is 0 Å². The third kappa shape index (κ3) is 2.44. The Kier molecular flexibility index (Phi) is 2.94. The molecule has 0 saturated carbocycles. The summed E-state index contributed by atoms with van der Waals surface area (Å²) in [6.07, 6.45) is 0. The molecule has 0 aliphatic carbocycles. The van der Waals surface area contributed by atoms with E-state index in [2.05, 4.69) is 0 Å². The molecule has 1 unspecified atom stereocenters. The Morgan fingerprint density at radius 1 is 1.33 bits per heavy atom. The van der Waals surface area contributed by atoms with Crippen LogP contribution in [-0.2, 0) is 9.36 Å². The van der Waals surface area contributed by atoms with E-state index in [4.69, 9.17) is 4.52 Å². The summed E-state index contributed by atoms with van der Waals surface area (Å²) in [7, 11) is -2.20. The third-order valence-corrected chi connectivity index (χ3v) is 2.08. The summed E-state index contributed by atoms with van der Waals surface area (Å²) in [6, 6.07) is 8.61. The number of carbonyl (C=O) groups is 1. The first kappa shape index (κ1) is 8.88. The molecule has 0 heterocycles. The fraction of sp³-hybridized carbons (Fsp3) is 0.125. The van der Waals surface area contributed by atoms with Crippen LogP contribution in [-0.4, -0.2) is 5.52 Å². The molecule has 1 atom stereocenters. The van der Waals surface area contributed by atoms with Gasteiger partial charge in [-0.1, -0.05) is 18.2 Å². The Balaban J connectivity index is 2.65. The van der Waals surface area contributed by atoms with Gasteiger partial charge in [0.05, 0.1) is 0 Å². The number of para-hydroxylation sites is 1. The Labute approximate surface area is 71.2 Å². The molecule has 4 heteroatoms. The summed E-state index contributed by atoms with van der Waals surface area (Å²) in [5, 5.41) is 0. The first-order chi connectivity index (χ1) is 5.70. The Morgan fingerprint density at radius 3 is 2.42 bits per heavy atom. The summed E-state index contributed by atoms with van der Waals surface area (Å²) >= 11 is 0. The van der Waals surface area contributed by atoms with Crippen LogP contribution in [0.1, 0.15) is 6.92 Å². The van der Waals surface area contributed by atoms with Crippen LogP contribution >= 0.6 is 8.03 Å². The van der Waals surface area contributed by atoms with Crippen LogP contribution in [0, 0.1) is 0 Å². The minimum Gasteiger partial charge on any atom is -0.248 e. The molecular weight excluding hydrogens is 175 g/mol. The second-order valence-electron chi connectivity index (χ2n) is 2.18. The molecule has 0 N–H and O–H groups in total. The summed E-state index contributed by atoms with van der Waals surface area (Å²) in [6.45, 7) is 1.24. The van der Waals surface area contributed by atoms with Gasteiger partial charge in [0.2, 0.25) is 0 Å². The van der Waals surface area contributed by atoms with E-state index in [-0.39, 0.29) is 0 Å². The zero-order valence-electron chi connectivity index (χ0n) is 6.56. The average Bonchev–Trinajstić information content (AvgIpc) is 2.06. The van der Waals surface area contributed by atoms with Gasteiger partial charge in [0.1, 0.15) is 0 Å². The van der Waals surface area contributed by atoms with Crippen molar-refractivity contribution >= 4 is 13.6 Å². The van der Waals surface area contributed by atoms with Crippen molar-refractivity contribution in [2.75, 3.05) is 0 Å². The molecule has 0 aliphatic heterocycles. The normalized spacial score (nSPS) is 10.6. The van der Waals surface area contributed by atoms with Crippen molar-refractivity contribution in [2.24, 2.45) is 0 Å². The highest BCUT2D eigenvalue weighted by Crippen LogP contribution is 2.26. The molecule has 0 radical (unpaired) electrons. The predicted octanol–water partition coefficient (Wildman–Crippen LogP) is 2.35. The van der Waals surface area contributed by atoms with Crippen molar-refractivity contribution < 1.29 is 13.9 Å². The first-order valence-corrected chi connectivity index (χ1v) is 4.59. The van der Waals surface area contributed by atoms with Crippen LogP contribution in [0.25, 0.3) is 0 Å². The van der Waals surface area contributed by atoms with Gasteiger partial charge in [-0.25, -0.2) is 9.32 Å². The quantitative estimate of drug-likeness (QED) is 0.675. The van der Waals surface area contributed by atoms with Crippen molar-refractivity contribution in [1.82, 2.24) is 0 Å². The molecule has 0 saturated heterocycles. The van der Waals surface area contributed by atoms with Crippen molar-refractivity contribution in [3.63, 3.8) is 0 Å². The highest BCUT2D eigenvalue weighted by atomic mass is 31.1. The molecule has 0 fully saturated rings. The summed E-state index contributed by atoms with van der Waals surface area (Å²) < 4.78 is 15.7. The fourth-order valence-corrected chi connectivity index (χ4v) is 1.08. The van der Waals surface area contributed by atoms with Crippen molar-refractivity contribution in [3.05, 3.63) is 30.3 Å². The van der Waals surface area contributed by atoms with Gasteiger partial charge in [0, 0.05) is 6.92 Å². The summed E-state index contributed by atoms with van der Waals surface area (Å²) in [5.41, 5.74) is -0.450. The number of benzene rings is 1. The monoisotopic (exact) mass is 183 g/mol. The molecule has 1 aromatic rings. The third-order valence-electron chi connectivity index (χ3n) is 1.19. The van der Waals surface area contributed by atoms with Crippen LogP contribution in [0.2, 0.25) is 0 Å². The highest BCUT2D eigenvalue weighted by Gasteiger charge is 2.26. The van der Waals surface area contributed by atoms with Crippen LogP contribution in [0.4, 0.5) is 0 Å². The fourth-order valence-electron chi connectivity index (χ4n) is 0.641. The molecule has 1 aromatic carbocycles. The lowest BCUT2D eigenvalue weighted by Crippen LogP contribution is -1.88. The topological polar surface area (TPSA) is 43.4 Å². The van der Waals surface area contributed by atoms with Gasteiger partial charge in [-0.05, 0) is 16.7 Å². The van der Waals surface area contributed by atoms with E-state index < -0.39 is 13.6 Å². The maximum Gasteiger partial charge on any atom is 0.635 e. The Morgan fingerprint density at radius 2 is 1.92 bits per heavy atom. The average molecular weight is 183 g/mol. The van der Waals surface area contributed by atoms with Gasteiger partial charge < -0.3 is 0 Å². The van der Waals surface area contributed by atoms with E-state index in [9.17, 15) is 9.36 Å². The number of hydrogen-bond acceptors (Lipinski definition) is 3. The zero-order valence-corrected chi connectivity index (χ0v) is 7.45. The van der Waals surface area contributed by atoms with E-state index >= 15 is 0 Å². The molecular formula is C8H8O3P+. The molecule has 12 heavy (non-hydrogen) atoms. The SMILES string of the molecule is CC(=O)[P+](=O)Oc1ccccc1. The summed E-state index contributed by atoms with van der Waals surface area (Å²) in [4.78, 5) is 10.5. The van der Waals surface area contributed by atoms with E-state index in [0.29, 0.717) is 5.75 Å². The van der Waals surface area contributed by atoms with Crippen LogP contribution in [0.3, 0.4) is 0 Å². The number of hydrogen-bond donors (Lipinski definition) is 0. The van der Waals surface area contributed by atoms with Crippen molar-refractivity contribution in [1.29, 1.82) is 0 Å². The Hall–Kier alpha value is -1.21. The minimum absolute atomic E-state index is 0.450. The molecule has 0 aromatic heterocycles. The van der Waals surface area contributed by atoms with Crippen molar-refractivity contribution in [3.8, 4) is 5.75 Å². The molecule has 0 aliphatic rings. The van der Waals surface area contributed by atoms with E-state index in [1.165, 1.54) is 6.92 Å². The lowest BCUT2D eigenvalue weighted by atomic mass is 10.3. The van der Waals surface area contributed by atoms with Crippen LogP contribution < -0.4 is 4.52 Å². The van der Waals surface area contributed by atoms with Gasteiger partial charge >= 0.3 is 13.6 Å². The largest absolute Gasteiger partial charge is 0.635 e. The van der Waals surface area contributed by atoms with E-state index in [1.54, 1.807) is 24.3 Å². The van der Waals surface area contributed by atoms with Crippen LogP contribution in [0.5, 0.6) is 5.75 Å². The second kappa shape index (κ2) is 3.98. The molecule has 1 rings (SSSR count). The van der Waals surface area contributed by atoms with Crippen molar-refractivity contribution in [2.45, 2.75) is 6.92 Å². The maximum absolute atomic E-state index is 10.9. The molecule has 0 bridgehead atoms. The smallest absolute Gasteiger partial charge is 0.248 e. The summed E-state index contributed by atoms with van der Waals surface area (Å²) in [5.74, 6) is 0.453. The Bertz CT molecular complexity index is 294. The minimum atomic E-state index is -2.20. The van der Waals surface area contributed by atoms with E-state index in [0.717, 1.165) is 0 Å². The molecule has 0 spiro atoms. The highest BCUT2D eigenvalue weighted by molar-refractivity contribution is 7.59. The lowest BCUT2D eigenvalue weighted by Gasteiger charge is -1.88.